The summed E-state index contributed by atoms with van der Waals surface area (Å²) in [6.07, 6.45) is 0. The number of ether oxygens (including phenoxy) is 1. The lowest BCUT2D eigenvalue weighted by Crippen LogP contribution is -2.03. The Bertz CT molecular complexity index is 575. The van der Waals surface area contributed by atoms with Gasteiger partial charge < -0.3 is 10.1 Å². The molecular formula is C17H21NO. The van der Waals surface area contributed by atoms with Crippen molar-refractivity contribution in [3.05, 3.63) is 58.7 Å². The third-order valence-corrected chi connectivity index (χ3v) is 3.47. The Morgan fingerprint density at radius 2 is 1.68 bits per heavy atom. The van der Waals surface area contributed by atoms with Gasteiger partial charge in [0.2, 0.25) is 0 Å². The third kappa shape index (κ3) is 3.08. The standard InChI is InChI=1S/C17H21NO/c1-12-7-5-6-8-16(12)18-11-15-9-14(3)17(19-4)10-13(15)2/h5-10,18H,11H2,1-4H3. The van der Waals surface area contributed by atoms with Crippen LogP contribution in [-0.2, 0) is 6.54 Å². The van der Waals surface area contributed by atoms with Crippen LogP contribution in [0.3, 0.4) is 0 Å². The highest BCUT2D eigenvalue weighted by Crippen LogP contribution is 2.23. The second-order valence-electron chi connectivity index (χ2n) is 4.92. The largest absolute Gasteiger partial charge is 0.496 e. The third-order valence-electron chi connectivity index (χ3n) is 3.47. The summed E-state index contributed by atoms with van der Waals surface area (Å²) in [6.45, 7) is 7.16. The van der Waals surface area contributed by atoms with E-state index in [9.17, 15) is 0 Å². The lowest BCUT2D eigenvalue weighted by Gasteiger charge is -2.14. The van der Waals surface area contributed by atoms with E-state index in [-0.39, 0.29) is 0 Å². The summed E-state index contributed by atoms with van der Waals surface area (Å²) in [5, 5.41) is 3.49. The molecule has 2 heteroatoms. The highest BCUT2D eigenvalue weighted by molar-refractivity contribution is 5.51. The Kier molecular flexibility index (Phi) is 4.10. The minimum atomic E-state index is 0.835. The molecule has 100 valence electrons. The lowest BCUT2D eigenvalue weighted by atomic mass is 10.0. The molecule has 19 heavy (non-hydrogen) atoms. The van der Waals surface area contributed by atoms with Crippen molar-refractivity contribution in [3.63, 3.8) is 0 Å². The highest BCUT2D eigenvalue weighted by atomic mass is 16.5. The van der Waals surface area contributed by atoms with Crippen molar-refractivity contribution in [2.24, 2.45) is 0 Å². The van der Waals surface area contributed by atoms with E-state index < -0.39 is 0 Å². The number of aryl methyl sites for hydroxylation is 3. The topological polar surface area (TPSA) is 21.3 Å². The number of para-hydroxylation sites is 1. The maximum absolute atomic E-state index is 5.34. The predicted octanol–water partition coefficient (Wildman–Crippen LogP) is 4.23. The van der Waals surface area contributed by atoms with Crippen LogP contribution in [0.15, 0.2) is 36.4 Å². The summed E-state index contributed by atoms with van der Waals surface area (Å²) in [7, 11) is 1.72. The smallest absolute Gasteiger partial charge is 0.122 e. The molecule has 0 spiro atoms. The SMILES string of the molecule is COc1cc(C)c(CNc2ccccc2C)cc1C. The maximum Gasteiger partial charge on any atom is 0.122 e. The van der Waals surface area contributed by atoms with Crippen molar-refractivity contribution < 1.29 is 4.74 Å². The zero-order valence-electron chi connectivity index (χ0n) is 12.1. The van der Waals surface area contributed by atoms with Crippen LogP contribution in [-0.4, -0.2) is 7.11 Å². The fourth-order valence-corrected chi connectivity index (χ4v) is 2.22. The van der Waals surface area contributed by atoms with Gasteiger partial charge in [0.05, 0.1) is 7.11 Å². The molecule has 1 N–H and O–H groups in total. The van der Waals surface area contributed by atoms with Gasteiger partial charge in [0.25, 0.3) is 0 Å². The highest BCUT2D eigenvalue weighted by Gasteiger charge is 2.05. The Labute approximate surface area is 115 Å². The van der Waals surface area contributed by atoms with Crippen LogP contribution < -0.4 is 10.1 Å². The number of anilines is 1. The number of rotatable bonds is 4. The molecule has 0 aliphatic heterocycles. The summed E-state index contributed by atoms with van der Waals surface area (Å²) in [5.74, 6) is 0.956. The van der Waals surface area contributed by atoms with Crippen LogP contribution in [0.1, 0.15) is 22.3 Å². The van der Waals surface area contributed by atoms with E-state index in [0.717, 1.165) is 12.3 Å². The molecule has 0 radical (unpaired) electrons. The summed E-state index contributed by atoms with van der Waals surface area (Å²) in [5.41, 5.74) is 6.19. The number of hydrogen-bond acceptors (Lipinski definition) is 2. The zero-order chi connectivity index (χ0) is 13.8. The van der Waals surface area contributed by atoms with Gasteiger partial charge in [0.1, 0.15) is 5.75 Å². The van der Waals surface area contributed by atoms with E-state index in [4.69, 9.17) is 4.74 Å². The Hall–Kier alpha value is -1.96. The number of nitrogens with one attached hydrogen (secondary N) is 1. The van der Waals surface area contributed by atoms with Gasteiger partial charge in [-0.25, -0.2) is 0 Å². The predicted molar refractivity (Wildman–Crippen MR) is 81.0 cm³/mol. The number of hydrogen-bond donors (Lipinski definition) is 1. The quantitative estimate of drug-likeness (QED) is 0.882. The molecule has 2 aromatic carbocycles. The second-order valence-corrected chi connectivity index (χ2v) is 4.92. The van der Waals surface area contributed by atoms with E-state index in [1.807, 2.05) is 0 Å². The van der Waals surface area contributed by atoms with Crippen molar-refractivity contribution in [1.29, 1.82) is 0 Å². The molecule has 2 nitrogen and oxygen atoms in total. The minimum absolute atomic E-state index is 0.835. The average molecular weight is 255 g/mol. The van der Waals surface area contributed by atoms with Crippen molar-refractivity contribution in [3.8, 4) is 5.75 Å². The molecule has 0 saturated carbocycles. The molecule has 2 rings (SSSR count). The van der Waals surface area contributed by atoms with Gasteiger partial charge in [-0.05, 0) is 55.2 Å². The summed E-state index contributed by atoms with van der Waals surface area (Å²) in [6, 6.07) is 12.6. The first kappa shape index (κ1) is 13.5. The summed E-state index contributed by atoms with van der Waals surface area (Å²) < 4.78 is 5.34. The van der Waals surface area contributed by atoms with Crippen LogP contribution >= 0.6 is 0 Å². The molecule has 0 aromatic heterocycles. The maximum atomic E-state index is 5.34. The molecule has 0 saturated heterocycles. The molecule has 2 aromatic rings. The molecule has 0 amide bonds. The van der Waals surface area contributed by atoms with E-state index in [1.54, 1.807) is 7.11 Å². The van der Waals surface area contributed by atoms with Gasteiger partial charge in [0.15, 0.2) is 0 Å². The average Bonchev–Trinajstić information content (AvgIpc) is 2.41. The Morgan fingerprint density at radius 1 is 0.947 bits per heavy atom. The first-order chi connectivity index (χ1) is 9.11. The fourth-order valence-electron chi connectivity index (χ4n) is 2.22. The summed E-state index contributed by atoms with van der Waals surface area (Å²) >= 11 is 0. The first-order valence-electron chi connectivity index (χ1n) is 6.55. The van der Waals surface area contributed by atoms with Crippen LogP contribution in [0, 0.1) is 20.8 Å². The minimum Gasteiger partial charge on any atom is -0.496 e. The van der Waals surface area contributed by atoms with Gasteiger partial charge in [-0.2, -0.15) is 0 Å². The van der Waals surface area contributed by atoms with Crippen molar-refractivity contribution >= 4 is 5.69 Å². The number of methoxy groups -OCH3 is 1. The van der Waals surface area contributed by atoms with Gasteiger partial charge in [0, 0.05) is 12.2 Å². The molecule has 0 bridgehead atoms. The molecular weight excluding hydrogens is 234 g/mol. The van der Waals surface area contributed by atoms with Gasteiger partial charge in [-0.15, -0.1) is 0 Å². The summed E-state index contributed by atoms with van der Waals surface area (Å²) in [4.78, 5) is 0. The monoisotopic (exact) mass is 255 g/mol. The number of benzene rings is 2. The van der Waals surface area contributed by atoms with E-state index in [0.29, 0.717) is 0 Å². The molecule has 0 fully saturated rings. The molecule has 0 aliphatic rings. The van der Waals surface area contributed by atoms with Gasteiger partial charge in [-0.3, -0.25) is 0 Å². The van der Waals surface area contributed by atoms with Gasteiger partial charge in [-0.1, -0.05) is 24.3 Å². The van der Waals surface area contributed by atoms with E-state index in [2.05, 4.69) is 62.5 Å². The van der Waals surface area contributed by atoms with Crippen molar-refractivity contribution in [2.75, 3.05) is 12.4 Å². The van der Waals surface area contributed by atoms with Crippen LogP contribution in [0.4, 0.5) is 5.69 Å². The van der Waals surface area contributed by atoms with Crippen LogP contribution in [0.5, 0.6) is 5.75 Å². The first-order valence-corrected chi connectivity index (χ1v) is 6.55. The Balaban J connectivity index is 2.16. The van der Waals surface area contributed by atoms with Crippen LogP contribution in [0.2, 0.25) is 0 Å². The molecule has 0 atom stereocenters. The Morgan fingerprint density at radius 3 is 2.37 bits per heavy atom. The fraction of sp³-hybridized carbons (Fsp3) is 0.294. The van der Waals surface area contributed by atoms with Gasteiger partial charge >= 0.3 is 0 Å². The van der Waals surface area contributed by atoms with Crippen molar-refractivity contribution in [2.45, 2.75) is 27.3 Å². The van der Waals surface area contributed by atoms with E-state index in [1.165, 1.54) is 27.9 Å². The van der Waals surface area contributed by atoms with E-state index >= 15 is 0 Å². The second kappa shape index (κ2) is 5.79. The molecule has 0 aliphatic carbocycles. The molecule has 0 heterocycles. The molecule has 0 unspecified atom stereocenters. The van der Waals surface area contributed by atoms with Crippen LogP contribution in [0.25, 0.3) is 0 Å². The zero-order valence-corrected chi connectivity index (χ0v) is 12.1. The normalized spacial score (nSPS) is 10.3. The lowest BCUT2D eigenvalue weighted by molar-refractivity contribution is 0.411. The van der Waals surface area contributed by atoms with Crippen molar-refractivity contribution in [1.82, 2.24) is 0 Å².